The summed E-state index contributed by atoms with van der Waals surface area (Å²) in [5, 5.41) is 8.13. The van der Waals surface area contributed by atoms with Crippen LogP contribution in [0.2, 0.25) is 0 Å². The zero-order valence-corrected chi connectivity index (χ0v) is 16.1. The van der Waals surface area contributed by atoms with Gasteiger partial charge in [0.25, 0.3) is 0 Å². The molecule has 0 amide bonds. The average molecular weight is 394 g/mol. The van der Waals surface area contributed by atoms with Gasteiger partial charge in [0, 0.05) is 17.7 Å². The number of hydrogen-bond donors (Lipinski definition) is 1. The maximum absolute atomic E-state index is 11.9. The topological polar surface area (TPSA) is 103 Å². The summed E-state index contributed by atoms with van der Waals surface area (Å²) >= 11 is 0. The molecule has 142 valence electrons. The third-order valence-corrected chi connectivity index (χ3v) is 5.57. The Labute approximate surface area is 162 Å². The molecule has 0 saturated heterocycles. The van der Waals surface area contributed by atoms with Crippen LogP contribution in [-0.4, -0.2) is 39.4 Å². The number of aromatic nitrogens is 5. The van der Waals surface area contributed by atoms with Gasteiger partial charge in [-0.3, -0.25) is 0 Å². The van der Waals surface area contributed by atoms with Gasteiger partial charge in [-0.15, -0.1) is 0 Å². The second-order valence-corrected chi connectivity index (χ2v) is 8.49. The highest BCUT2D eigenvalue weighted by Crippen LogP contribution is 2.26. The molecule has 0 bridgehead atoms. The van der Waals surface area contributed by atoms with Gasteiger partial charge in [0.15, 0.2) is 9.84 Å². The molecular formula is C19H18N6O2S. The fraction of sp³-hybridized carbons (Fsp3) is 0.158. The van der Waals surface area contributed by atoms with Gasteiger partial charge in [-0.25, -0.2) is 28.1 Å². The highest BCUT2D eigenvalue weighted by molar-refractivity contribution is 7.90. The van der Waals surface area contributed by atoms with E-state index in [0.29, 0.717) is 16.7 Å². The lowest BCUT2D eigenvalue weighted by molar-refractivity contribution is 0.602. The summed E-state index contributed by atoms with van der Waals surface area (Å²) in [5.74, 6) is 0.586. The Morgan fingerprint density at radius 2 is 1.82 bits per heavy atom. The van der Waals surface area contributed by atoms with Crippen molar-refractivity contribution >= 4 is 26.6 Å². The van der Waals surface area contributed by atoms with Crippen LogP contribution in [0.4, 0.5) is 5.82 Å². The molecule has 0 fully saturated rings. The quantitative estimate of drug-likeness (QED) is 0.555. The first-order valence-electron chi connectivity index (χ1n) is 8.58. The maximum atomic E-state index is 11.9. The first-order valence-corrected chi connectivity index (χ1v) is 10.5. The molecule has 1 N–H and O–H groups in total. The summed E-state index contributed by atoms with van der Waals surface area (Å²) in [6, 6.07) is 12.7. The third-order valence-electron chi connectivity index (χ3n) is 4.46. The van der Waals surface area contributed by atoms with Crippen LogP contribution in [0, 0.1) is 0 Å². The van der Waals surface area contributed by atoms with Crippen LogP contribution in [-0.2, 0) is 9.84 Å². The smallest absolute Gasteiger partial charge is 0.175 e. The van der Waals surface area contributed by atoms with Gasteiger partial charge < -0.3 is 5.32 Å². The van der Waals surface area contributed by atoms with Gasteiger partial charge in [0.2, 0.25) is 0 Å². The Morgan fingerprint density at radius 1 is 1.04 bits per heavy atom. The molecule has 0 spiro atoms. The first-order chi connectivity index (χ1) is 13.4. The lowest BCUT2D eigenvalue weighted by atomic mass is 10.1. The molecule has 0 aliphatic heterocycles. The number of nitrogens with zero attached hydrogens (tertiary/aromatic N) is 5. The highest BCUT2D eigenvalue weighted by Gasteiger charge is 2.13. The van der Waals surface area contributed by atoms with E-state index in [2.05, 4.69) is 25.4 Å². The Bertz CT molecular complexity index is 1220. The van der Waals surface area contributed by atoms with Gasteiger partial charge in [-0.1, -0.05) is 12.1 Å². The second-order valence-electron chi connectivity index (χ2n) is 6.47. The van der Waals surface area contributed by atoms with E-state index in [4.69, 9.17) is 0 Å². The number of sulfone groups is 1. The number of nitrogens with one attached hydrogen (secondary N) is 1. The number of rotatable bonds is 5. The maximum Gasteiger partial charge on any atom is 0.175 e. The van der Waals surface area contributed by atoms with Crippen LogP contribution in [0.25, 0.3) is 16.6 Å². The predicted molar refractivity (Wildman–Crippen MR) is 106 cm³/mol. The van der Waals surface area contributed by atoms with Gasteiger partial charge in [-0.2, -0.15) is 5.10 Å². The molecule has 8 nitrogen and oxygen atoms in total. The molecule has 2 aromatic carbocycles. The van der Waals surface area contributed by atoms with E-state index in [0.717, 1.165) is 11.3 Å². The van der Waals surface area contributed by atoms with Gasteiger partial charge in [0.05, 0.1) is 16.1 Å². The Hall–Kier alpha value is -3.33. The van der Waals surface area contributed by atoms with E-state index in [1.807, 2.05) is 31.2 Å². The van der Waals surface area contributed by atoms with Crippen molar-refractivity contribution in [3.8, 4) is 5.69 Å². The fourth-order valence-corrected chi connectivity index (χ4v) is 3.57. The van der Waals surface area contributed by atoms with Crippen LogP contribution < -0.4 is 5.32 Å². The number of anilines is 1. The summed E-state index contributed by atoms with van der Waals surface area (Å²) in [4.78, 5) is 12.7. The summed E-state index contributed by atoms with van der Waals surface area (Å²) in [7, 11) is -3.31. The Kier molecular flexibility index (Phi) is 4.52. The Balaban J connectivity index is 1.64. The molecule has 0 saturated carbocycles. The van der Waals surface area contributed by atoms with Crippen LogP contribution in [0.3, 0.4) is 0 Å². The van der Waals surface area contributed by atoms with E-state index in [-0.39, 0.29) is 10.9 Å². The third kappa shape index (κ3) is 3.56. The average Bonchev–Trinajstić information content (AvgIpc) is 3.22. The van der Waals surface area contributed by atoms with Crippen molar-refractivity contribution in [2.45, 2.75) is 17.9 Å². The second kappa shape index (κ2) is 7.01. The summed E-state index contributed by atoms with van der Waals surface area (Å²) in [6.07, 6.45) is 5.78. The van der Waals surface area contributed by atoms with Crippen LogP contribution >= 0.6 is 0 Å². The van der Waals surface area contributed by atoms with Crippen molar-refractivity contribution in [2.75, 3.05) is 11.6 Å². The molecule has 2 heterocycles. The standard InChI is InChI=1S/C19H18N6O2S/c1-13(14-3-5-15(6-4-14)25-12-20-10-23-25)24-19-17-9-16(28(2,26)27)7-8-18(17)21-11-22-19/h3-13H,1-2H3,(H,21,22,24). The molecule has 28 heavy (non-hydrogen) atoms. The molecule has 1 atom stereocenters. The zero-order valence-electron chi connectivity index (χ0n) is 15.3. The minimum absolute atomic E-state index is 0.0511. The van der Waals surface area contributed by atoms with Crippen LogP contribution in [0.1, 0.15) is 18.5 Å². The Morgan fingerprint density at radius 3 is 2.50 bits per heavy atom. The van der Waals surface area contributed by atoms with Gasteiger partial charge >= 0.3 is 0 Å². The van der Waals surface area contributed by atoms with Crippen molar-refractivity contribution in [1.29, 1.82) is 0 Å². The predicted octanol–water partition coefficient (Wildman–Crippen LogP) is 2.79. The van der Waals surface area contributed by atoms with E-state index in [1.54, 1.807) is 29.2 Å². The van der Waals surface area contributed by atoms with Crippen LogP contribution in [0.15, 0.2) is 66.3 Å². The molecule has 4 aromatic rings. The molecule has 0 aliphatic carbocycles. The van der Waals surface area contributed by atoms with Crippen molar-refractivity contribution in [2.24, 2.45) is 0 Å². The fourth-order valence-electron chi connectivity index (χ4n) is 2.93. The van der Waals surface area contributed by atoms with E-state index >= 15 is 0 Å². The minimum Gasteiger partial charge on any atom is -0.363 e. The zero-order chi connectivity index (χ0) is 19.7. The van der Waals surface area contributed by atoms with Crippen molar-refractivity contribution in [1.82, 2.24) is 24.7 Å². The molecular weight excluding hydrogens is 376 g/mol. The van der Waals surface area contributed by atoms with Crippen molar-refractivity contribution in [3.63, 3.8) is 0 Å². The molecule has 0 aliphatic rings. The van der Waals surface area contributed by atoms with E-state index in [1.165, 1.54) is 18.9 Å². The molecule has 9 heteroatoms. The van der Waals surface area contributed by atoms with E-state index < -0.39 is 9.84 Å². The van der Waals surface area contributed by atoms with Gasteiger partial charge in [0.1, 0.15) is 24.8 Å². The first kappa shape index (κ1) is 18.1. The lowest BCUT2D eigenvalue weighted by Gasteiger charge is -2.17. The highest BCUT2D eigenvalue weighted by atomic mass is 32.2. The number of benzene rings is 2. The number of fused-ring (bicyclic) bond motifs is 1. The van der Waals surface area contributed by atoms with Crippen LogP contribution in [0.5, 0.6) is 0 Å². The normalized spacial score (nSPS) is 12.8. The molecule has 4 rings (SSSR count). The largest absolute Gasteiger partial charge is 0.363 e. The van der Waals surface area contributed by atoms with Gasteiger partial charge in [-0.05, 0) is 42.8 Å². The summed E-state index contributed by atoms with van der Waals surface area (Å²) < 4.78 is 25.5. The molecule has 2 aromatic heterocycles. The SMILES string of the molecule is CC(Nc1ncnc2ccc(S(C)(=O)=O)cc12)c1ccc(-n2cncn2)cc1. The van der Waals surface area contributed by atoms with E-state index in [9.17, 15) is 8.42 Å². The summed E-state index contributed by atoms with van der Waals surface area (Å²) in [5.41, 5.74) is 2.65. The lowest BCUT2D eigenvalue weighted by Crippen LogP contribution is -2.09. The van der Waals surface area contributed by atoms with Crippen molar-refractivity contribution in [3.05, 3.63) is 67.0 Å². The van der Waals surface area contributed by atoms with Crippen molar-refractivity contribution < 1.29 is 8.42 Å². The monoisotopic (exact) mass is 394 g/mol. The summed E-state index contributed by atoms with van der Waals surface area (Å²) in [6.45, 7) is 2.01. The minimum atomic E-state index is -3.31. The molecule has 0 radical (unpaired) electrons. The molecule has 1 unspecified atom stereocenters. The number of hydrogen-bond acceptors (Lipinski definition) is 7.